The molecule has 1 amide bonds. The van der Waals surface area contributed by atoms with Crippen molar-refractivity contribution in [2.24, 2.45) is 5.92 Å². The maximum absolute atomic E-state index is 11.4. The standard InChI is InChI=1S/C13H21N3O/c1-4-10(5-2)9-16-11-6-7-15-12(8-11)13(17)14-3/h6-8,10H,4-5,9H2,1-3H3,(H,14,17)(H,15,16). The summed E-state index contributed by atoms with van der Waals surface area (Å²) in [6.07, 6.45) is 3.98. The lowest BCUT2D eigenvalue weighted by molar-refractivity contribution is 0.0958. The predicted octanol–water partition coefficient (Wildman–Crippen LogP) is 2.29. The molecule has 1 heterocycles. The Morgan fingerprint density at radius 2 is 2.12 bits per heavy atom. The lowest BCUT2D eigenvalue weighted by Crippen LogP contribution is -2.19. The van der Waals surface area contributed by atoms with Crippen LogP contribution in [0.4, 0.5) is 5.69 Å². The van der Waals surface area contributed by atoms with Gasteiger partial charge < -0.3 is 10.6 Å². The Labute approximate surface area is 103 Å². The molecule has 1 rings (SSSR count). The zero-order valence-corrected chi connectivity index (χ0v) is 10.8. The Kier molecular flexibility index (Phi) is 5.46. The highest BCUT2D eigenvalue weighted by Crippen LogP contribution is 2.12. The molecule has 0 saturated heterocycles. The van der Waals surface area contributed by atoms with E-state index >= 15 is 0 Å². The van der Waals surface area contributed by atoms with Gasteiger partial charge in [0.2, 0.25) is 0 Å². The number of hydrogen-bond donors (Lipinski definition) is 2. The smallest absolute Gasteiger partial charge is 0.269 e. The number of rotatable bonds is 6. The lowest BCUT2D eigenvalue weighted by Gasteiger charge is -2.14. The second-order valence-electron chi connectivity index (χ2n) is 4.07. The molecule has 4 heteroatoms. The van der Waals surface area contributed by atoms with Crippen LogP contribution in [0.2, 0.25) is 0 Å². The van der Waals surface area contributed by atoms with Crippen molar-refractivity contribution in [2.45, 2.75) is 26.7 Å². The molecule has 0 aliphatic heterocycles. The molecule has 2 N–H and O–H groups in total. The van der Waals surface area contributed by atoms with Gasteiger partial charge in [0.05, 0.1) is 0 Å². The Balaban J connectivity index is 2.62. The van der Waals surface area contributed by atoms with Gasteiger partial charge in [-0.3, -0.25) is 9.78 Å². The van der Waals surface area contributed by atoms with E-state index in [1.165, 1.54) is 0 Å². The zero-order valence-electron chi connectivity index (χ0n) is 10.8. The van der Waals surface area contributed by atoms with E-state index in [1.54, 1.807) is 19.3 Å². The molecular weight excluding hydrogens is 214 g/mol. The molecule has 0 aliphatic rings. The maximum atomic E-state index is 11.4. The normalized spacial score (nSPS) is 10.4. The van der Waals surface area contributed by atoms with E-state index in [0.29, 0.717) is 11.6 Å². The number of carbonyl (C=O) groups is 1. The van der Waals surface area contributed by atoms with Gasteiger partial charge >= 0.3 is 0 Å². The fourth-order valence-corrected chi connectivity index (χ4v) is 1.63. The van der Waals surface area contributed by atoms with Crippen LogP contribution in [-0.4, -0.2) is 24.5 Å². The number of anilines is 1. The SMILES string of the molecule is CCC(CC)CNc1ccnc(C(=O)NC)c1. The molecule has 0 saturated carbocycles. The second-order valence-corrected chi connectivity index (χ2v) is 4.07. The number of carbonyl (C=O) groups excluding carboxylic acids is 1. The summed E-state index contributed by atoms with van der Waals surface area (Å²) < 4.78 is 0. The van der Waals surface area contributed by atoms with Crippen LogP contribution in [0.3, 0.4) is 0 Å². The first-order valence-corrected chi connectivity index (χ1v) is 6.13. The summed E-state index contributed by atoms with van der Waals surface area (Å²) in [6.45, 7) is 5.32. The molecule has 0 spiro atoms. The highest BCUT2D eigenvalue weighted by molar-refractivity contribution is 5.92. The zero-order chi connectivity index (χ0) is 12.7. The molecule has 0 bridgehead atoms. The van der Waals surface area contributed by atoms with Crippen molar-refractivity contribution in [3.63, 3.8) is 0 Å². The van der Waals surface area contributed by atoms with Gasteiger partial charge in [-0.25, -0.2) is 0 Å². The van der Waals surface area contributed by atoms with E-state index in [4.69, 9.17) is 0 Å². The fraction of sp³-hybridized carbons (Fsp3) is 0.538. The first kappa shape index (κ1) is 13.5. The van der Waals surface area contributed by atoms with Gasteiger partial charge in [-0.2, -0.15) is 0 Å². The minimum absolute atomic E-state index is 0.156. The Morgan fingerprint density at radius 1 is 1.41 bits per heavy atom. The van der Waals surface area contributed by atoms with Crippen LogP contribution in [0, 0.1) is 5.92 Å². The van der Waals surface area contributed by atoms with Crippen molar-refractivity contribution in [1.29, 1.82) is 0 Å². The van der Waals surface area contributed by atoms with Crippen LogP contribution in [-0.2, 0) is 0 Å². The van der Waals surface area contributed by atoms with Gasteiger partial charge in [-0.15, -0.1) is 0 Å². The molecule has 0 unspecified atom stereocenters. The third kappa shape index (κ3) is 4.06. The van der Waals surface area contributed by atoms with Gasteiger partial charge in [0.1, 0.15) is 5.69 Å². The number of nitrogens with one attached hydrogen (secondary N) is 2. The number of aromatic nitrogens is 1. The van der Waals surface area contributed by atoms with E-state index in [-0.39, 0.29) is 5.91 Å². The van der Waals surface area contributed by atoms with Crippen LogP contribution in [0.15, 0.2) is 18.3 Å². The first-order chi connectivity index (χ1) is 8.21. The number of pyridine rings is 1. The summed E-state index contributed by atoms with van der Waals surface area (Å²) in [6, 6.07) is 3.66. The van der Waals surface area contributed by atoms with Gasteiger partial charge in [0.25, 0.3) is 5.91 Å². The molecule has 17 heavy (non-hydrogen) atoms. The summed E-state index contributed by atoms with van der Waals surface area (Å²) in [7, 11) is 1.61. The average Bonchev–Trinajstić information content (AvgIpc) is 2.39. The third-order valence-corrected chi connectivity index (χ3v) is 2.97. The molecule has 1 aromatic rings. The minimum Gasteiger partial charge on any atom is -0.385 e. The van der Waals surface area contributed by atoms with Crippen LogP contribution < -0.4 is 10.6 Å². The molecule has 1 aromatic heterocycles. The minimum atomic E-state index is -0.156. The van der Waals surface area contributed by atoms with Gasteiger partial charge in [-0.1, -0.05) is 26.7 Å². The van der Waals surface area contributed by atoms with Crippen molar-refractivity contribution >= 4 is 11.6 Å². The number of amides is 1. The highest BCUT2D eigenvalue weighted by atomic mass is 16.1. The Morgan fingerprint density at radius 3 is 2.71 bits per heavy atom. The summed E-state index contributed by atoms with van der Waals surface area (Å²) in [5.41, 5.74) is 1.40. The molecule has 0 aliphatic carbocycles. The van der Waals surface area contributed by atoms with Gasteiger partial charge in [0, 0.05) is 25.5 Å². The molecule has 0 fully saturated rings. The monoisotopic (exact) mass is 235 g/mol. The number of nitrogens with zero attached hydrogens (tertiary/aromatic N) is 1. The molecule has 0 radical (unpaired) electrons. The van der Waals surface area contributed by atoms with E-state index in [0.717, 1.165) is 25.1 Å². The second kappa shape index (κ2) is 6.89. The molecule has 4 nitrogen and oxygen atoms in total. The summed E-state index contributed by atoms with van der Waals surface area (Å²) in [5.74, 6) is 0.516. The van der Waals surface area contributed by atoms with Crippen LogP contribution in [0.25, 0.3) is 0 Å². The maximum Gasteiger partial charge on any atom is 0.269 e. The first-order valence-electron chi connectivity index (χ1n) is 6.13. The summed E-state index contributed by atoms with van der Waals surface area (Å²) in [4.78, 5) is 15.4. The Bertz CT molecular complexity index is 361. The van der Waals surface area contributed by atoms with E-state index in [2.05, 4.69) is 29.5 Å². The van der Waals surface area contributed by atoms with Gasteiger partial charge in [0.15, 0.2) is 0 Å². The Hall–Kier alpha value is -1.58. The summed E-state index contributed by atoms with van der Waals surface area (Å²) >= 11 is 0. The van der Waals surface area contributed by atoms with Crippen LogP contribution in [0.1, 0.15) is 37.2 Å². The van der Waals surface area contributed by atoms with Crippen molar-refractivity contribution in [3.05, 3.63) is 24.0 Å². The van der Waals surface area contributed by atoms with E-state index in [9.17, 15) is 4.79 Å². The highest BCUT2D eigenvalue weighted by Gasteiger charge is 2.06. The van der Waals surface area contributed by atoms with Crippen LogP contribution in [0.5, 0.6) is 0 Å². The molecule has 0 aromatic carbocycles. The predicted molar refractivity (Wildman–Crippen MR) is 70.2 cm³/mol. The van der Waals surface area contributed by atoms with E-state index in [1.807, 2.05) is 6.07 Å². The van der Waals surface area contributed by atoms with Gasteiger partial charge in [-0.05, 0) is 18.1 Å². The third-order valence-electron chi connectivity index (χ3n) is 2.97. The fourth-order valence-electron chi connectivity index (χ4n) is 1.63. The lowest BCUT2D eigenvalue weighted by atomic mass is 10.0. The topological polar surface area (TPSA) is 54.0 Å². The number of hydrogen-bond acceptors (Lipinski definition) is 3. The van der Waals surface area contributed by atoms with Crippen LogP contribution >= 0.6 is 0 Å². The van der Waals surface area contributed by atoms with Crippen molar-refractivity contribution in [1.82, 2.24) is 10.3 Å². The molecule has 94 valence electrons. The molecular formula is C13H21N3O. The summed E-state index contributed by atoms with van der Waals surface area (Å²) in [5, 5.41) is 5.91. The quantitative estimate of drug-likeness (QED) is 0.795. The molecule has 0 atom stereocenters. The average molecular weight is 235 g/mol. The van der Waals surface area contributed by atoms with Crippen molar-refractivity contribution in [3.8, 4) is 0 Å². The largest absolute Gasteiger partial charge is 0.385 e. The van der Waals surface area contributed by atoms with Crippen molar-refractivity contribution < 1.29 is 4.79 Å². The van der Waals surface area contributed by atoms with Crippen molar-refractivity contribution in [2.75, 3.05) is 18.9 Å². The van der Waals surface area contributed by atoms with E-state index < -0.39 is 0 Å².